The molecule has 2 rings (SSSR count). The summed E-state index contributed by atoms with van der Waals surface area (Å²) in [5.74, 6) is -0.0348. The van der Waals surface area contributed by atoms with Crippen LogP contribution in [0.3, 0.4) is 0 Å². The Hall–Kier alpha value is -2.29. The van der Waals surface area contributed by atoms with Gasteiger partial charge in [-0.1, -0.05) is 43.6 Å². The van der Waals surface area contributed by atoms with Crippen LogP contribution in [0.1, 0.15) is 31.4 Å². The third-order valence-corrected chi connectivity index (χ3v) is 7.67. The fourth-order valence-electron chi connectivity index (χ4n) is 3.41. The second-order valence-electron chi connectivity index (χ2n) is 8.29. The van der Waals surface area contributed by atoms with Crippen LogP contribution in [0.2, 0.25) is 5.02 Å². The van der Waals surface area contributed by atoms with Gasteiger partial charge in [-0.05, 0) is 60.6 Å². The van der Waals surface area contributed by atoms with Gasteiger partial charge in [0.2, 0.25) is 0 Å². The number of methoxy groups -OCH3 is 1. The number of hydrogen-bond donors (Lipinski definition) is 2. The van der Waals surface area contributed by atoms with E-state index >= 15 is 0 Å². The van der Waals surface area contributed by atoms with Crippen LogP contribution in [0.25, 0.3) is 0 Å². The van der Waals surface area contributed by atoms with E-state index in [4.69, 9.17) is 26.8 Å². The van der Waals surface area contributed by atoms with Gasteiger partial charge in [0.25, 0.3) is 5.91 Å². The van der Waals surface area contributed by atoms with Crippen molar-refractivity contribution in [2.45, 2.75) is 38.0 Å². The van der Waals surface area contributed by atoms with E-state index in [1.54, 1.807) is 21.0 Å². The van der Waals surface area contributed by atoms with Crippen LogP contribution in [-0.2, 0) is 27.5 Å². The number of carbonyl (C=O) groups is 1. The summed E-state index contributed by atoms with van der Waals surface area (Å²) in [6.07, 6.45) is 3.18. The Morgan fingerprint density at radius 1 is 1.09 bits per heavy atom. The lowest BCUT2D eigenvalue weighted by molar-refractivity contribution is -0.124. The molecule has 33 heavy (non-hydrogen) atoms. The lowest BCUT2D eigenvalue weighted by Gasteiger charge is -2.30. The molecule has 1 atom stereocenters. The Morgan fingerprint density at radius 2 is 1.73 bits per heavy atom. The summed E-state index contributed by atoms with van der Waals surface area (Å²) in [4.78, 5) is 10.6. The van der Waals surface area contributed by atoms with Crippen molar-refractivity contribution in [3.63, 3.8) is 0 Å². The first-order valence-corrected chi connectivity index (χ1v) is 13.1. The zero-order valence-electron chi connectivity index (χ0n) is 19.6. The van der Waals surface area contributed by atoms with Crippen LogP contribution >= 0.6 is 11.6 Å². The highest BCUT2D eigenvalue weighted by Crippen LogP contribution is 2.28. The number of amides is 1. The largest absolute Gasteiger partial charge is 0.493 e. The third-order valence-electron chi connectivity index (χ3n) is 5.53. The van der Waals surface area contributed by atoms with Gasteiger partial charge in [0.05, 0.1) is 13.7 Å². The minimum atomic E-state index is -3.78. The van der Waals surface area contributed by atoms with Crippen LogP contribution < -0.4 is 20.5 Å². The molecule has 182 valence electrons. The quantitative estimate of drug-likeness (QED) is 0.436. The van der Waals surface area contributed by atoms with E-state index in [1.807, 2.05) is 42.5 Å². The van der Waals surface area contributed by atoms with Gasteiger partial charge in [-0.15, -0.1) is 0 Å². The van der Waals surface area contributed by atoms with Crippen molar-refractivity contribution in [1.29, 1.82) is 0 Å². The van der Waals surface area contributed by atoms with E-state index in [2.05, 4.69) is 5.32 Å². The molecule has 1 amide bonds. The smallest absolute Gasteiger partial charge is 0.256 e. The van der Waals surface area contributed by atoms with E-state index in [0.717, 1.165) is 29.7 Å². The Morgan fingerprint density at radius 3 is 2.30 bits per heavy atom. The molecule has 0 unspecified atom stereocenters. The molecule has 0 spiro atoms. The molecule has 0 aliphatic heterocycles. The number of carbonyl (C=O) groups excluding carboxylic acids is 1. The van der Waals surface area contributed by atoms with Crippen molar-refractivity contribution < 1.29 is 22.7 Å². The van der Waals surface area contributed by atoms with Crippen LogP contribution in [0, 0.1) is 5.92 Å². The first-order valence-electron chi connectivity index (χ1n) is 10.8. The molecular weight excluding hydrogens is 464 g/mol. The number of nitrogens with two attached hydrogens (primary N) is 1. The highest BCUT2D eigenvalue weighted by atomic mass is 35.5. The van der Waals surface area contributed by atoms with Gasteiger partial charge in [-0.2, -0.15) is 0 Å². The van der Waals surface area contributed by atoms with Gasteiger partial charge in [0, 0.05) is 17.8 Å². The number of rotatable bonds is 12. The van der Waals surface area contributed by atoms with Gasteiger partial charge in [0.1, 0.15) is 0 Å². The first kappa shape index (κ1) is 27.0. The lowest BCUT2D eigenvalue weighted by Crippen LogP contribution is -2.62. The number of nitrogens with one attached hydrogen (secondary N) is 1. The molecule has 0 radical (unpaired) electrons. The molecule has 0 aliphatic carbocycles. The van der Waals surface area contributed by atoms with Crippen molar-refractivity contribution in [2.24, 2.45) is 11.7 Å². The fraction of sp³-hybridized carbons (Fsp3) is 0.458. The van der Waals surface area contributed by atoms with Gasteiger partial charge in [0.15, 0.2) is 26.2 Å². The number of sulfone groups is 1. The minimum Gasteiger partial charge on any atom is -0.493 e. The number of halogens is 1. The van der Waals surface area contributed by atoms with Gasteiger partial charge < -0.3 is 20.5 Å². The molecule has 0 aromatic heterocycles. The average Bonchev–Trinajstić information content (AvgIpc) is 2.76. The van der Waals surface area contributed by atoms with Gasteiger partial charge in [-0.3, -0.25) is 4.79 Å². The van der Waals surface area contributed by atoms with E-state index in [-0.39, 0.29) is 6.54 Å². The fourth-order valence-corrected chi connectivity index (χ4v) is 4.80. The number of ether oxygens (including phenoxy) is 2. The zero-order valence-corrected chi connectivity index (χ0v) is 21.1. The number of aryl methyl sites for hydroxylation is 1. The van der Waals surface area contributed by atoms with Crippen molar-refractivity contribution in [3.8, 4) is 11.5 Å². The molecule has 3 N–H and O–H groups in total. The van der Waals surface area contributed by atoms with Crippen LogP contribution in [0.4, 0.5) is 0 Å². The zero-order chi connectivity index (χ0) is 24.6. The second kappa shape index (κ2) is 11.7. The molecule has 0 saturated heterocycles. The van der Waals surface area contributed by atoms with Gasteiger partial charge in [-0.25, -0.2) is 8.42 Å². The molecule has 0 fully saturated rings. The maximum atomic E-state index is 12.5. The van der Waals surface area contributed by atoms with E-state index in [9.17, 15) is 13.2 Å². The summed E-state index contributed by atoms with van der Waals surface area (Å²) < 4.78 is 35.5. The van der Waals surface area contributed by atoms with Crippen molar-refractivity contribution in [1.82, 2.24) is 5.32 Å². The summed E-state index contributed by atoms with van der Waals surface area (Å²) in [5.41, 5.74) is 8.07. The maximum absolute atomic E-state index is 12.5. The Labute approximate surface area is 201 Å². The normalized spacial score (nSPS) is 13.4. The molecule has 0 heterocycles. The summed E-state index contributed by atoms with van der Waals surface area (Å²) in [5, 5.41) is 3.37. The molecule has 2 aromatic rings. The lowest BCUT2D eigenvalue weighted by atomic mass is 10.0. The van der Waals surface area contributed by atoms with Crippen LogP contribution in [0.15, 0.2) is 42.5 Å². The second-order valence-corrected chi connectivity index (χ2v) is 10.9. The van der Waals surface area contributed by atoms with Crippen molar-refractivity contribution >= 4 is 27.3 Å². The first-order chi connectivity index (χ1) is 15.5. The minimum absolute atomic E-state index is 0.241. The van der Waals surface area contributed by atoms with Crippen LogP contribution in [-0.4, -0.2) is 45.7 Å². The topological polar surface area (TPSA) is 108 Å². The predicted molar refractivity (Wildman–Crippen MR) is 132 cm³/mol. The summed E-state index contributed by atoms with van der Waals surface area (Å²) in [7, 11) is -2.21. The highest BCUT2D eigenvalue weighted by Gasteiger charge is 2.47. The monoisotopic (exact) mass is 496 g/mol. The Bertz CT molecular complexity index is 1040. The molecule has 7 nitrogen and oxygen atoms in total. The van der Waals surface area contributed by atoms with Crippen molar-refractivity contribution in [2.75, 3.05) is 26.5 Å². The third kappa shape index (κ3) is 7.09. The summed E-state index contributed by atoms with van der Waals surface area (Å²) in [6.45, 7) is 4.00. The molecule has 0 saturated carbocycles. The van der Waals surface area contributed by atoms with E-state index < -0.39 is 26.5 Å². The van der Waals surface area contributed by atoms with Crippen LogP contribution in [0.5, 0.6) is 11.5 Å². The van der Waals surface area contributed by atoms with Crippen molar-refractivity contribution in [3.05, 3.63) is 58.6 Å². The SMILES string of the molecule is COc1cc(CCNC(=O)[C@](N)(C(C)C)S(C)(=O)=O)ccc1OCCCc1ccc(Cl)cc1. The number of hydrogen-bond acceptors (Lipinski definition) is 6. The standard InChI is InChI=1S/C24H33ClN2O5S/c1-17(2)24(26,33(4,29)30)23(28)27-14-13-19-9-12-21(22(16-19)31-3)32-15-5-6-18-7-10-20(25)11-8-18/h7-12,16-17H,5-6,13-15,26H2,1-4H3,(H,27,28)/t24-/m0/s1. The maximum Gasteiger partial charge on any atom is 0.256 e. The van der Waals surface area contributed by atoms with E-state index in [1.165, 1.54) is 5.56 Å². The number of benzene rings is 2. The molecule has 0 bridgehead atoms. The average molecular weight is 497 g/mol. The Balaban J connectivity index is 1.89. The molecular formula is C24H33ClN2O5S. The molecule has 0 aliphatic rings. The van der Waals surface area contributed by atoms with Gasteiger partial charge >= 0.3 is 0 Å². The summed E-state index contributed by atoms with van der Waals surface area (Å²) in [6, 6.07) is 13.3. The molecule has 2 aromatic carbocycles. The highest BCUT2D eigenvalue weighted by molar-refractivity contribution is 7.92. The summed E-state index contributed by atoms with van der Waals surface area (Å²) >= 11 is 5.91. The van der Waals surface area contributed by atoms with E-state index in [0.29, 0.717) is 24.5 Å². The molecule has 9 heteroatoms. The predicted octanol–water partition coefficient (Wildman–Crippen LogP) is 3.37. The Kier molecular flexibility index (Phi) is 9.57.